The molecule has 2 atom stereocenters. The van der Waals surface area contributed by atoms with E-state index in [4.69, 9.17) is 5.73 Å². The van der Waals surface area contributed by atoms with Crippen molar-refractivity contribution in [1.29, 1.82) is 0 Å². The van der Waals surface area contributed by atoms with Crippen LogP contribution < -0.4 is 5.73 Å². The van der Waals surface area contributed by atoms with E-state index in [1.165, 1.54) is 12.1 Å². The van der Waals surface area contributed by atoms with Crippen molar-refractivity contribution >= 4 is 5.78 Å². The summed E-state index contributed by atoms with van der Waals surface area (Å²) in [6.45, 7) is 0.502. The average molecular weight is 253 g/mol. The van der Waals surface area contributed by atoms with Crippen LogP contribution in [0.15, 0.2) is 18.2 Å². The number of ketones is 1. The van der Waals surface area contributed by atoms with E-state index < -0.39 is 11.6 Å². The van der Waals surface area contributed by atoms with E-state index in [9.17, 15) is 13.6 Å². The van der Waals surface area contributed by atoms with E-state index in [0.717, 1.165) is 25.3 Å². The van der Waals surface area contributed by atoms with Gasteiger partial charge < -0.3 is 5.73 Å². The van der Waals surface area contributed by atoms with Crippen LogP contribution in [0.5, 0.6) is 0 Å². The number of carbonyl (C=O) groups is 1. The molecule has 1 aromatic rings. The van der Waals surface area contributed by atoms with Gasteiger partial charge in [-0.3, -0.25) is 4.79 Å². The second kappa shape index (κ2) is 5.57. The quantitative estimate of drug-likeness (QED) is 0.895. The highest BCUT2D eigenvalue weighted by atomic mass is 19.1. The first-order chi connectivity index (χ1) is 8.61. The van der Waals surface area contributed by atoms with Gasteiger partial charge in [-0.15, -0.1) is 0 Å². The maximum atomic E-state index is 13.5. The van der Waals surface area contributed by atoms with Gasteiger partial charge in [0.2, 0.25) is 0 Å². The summed E-state index contributed by atoms with van der Waals surface area (Å²) in [4.78, 5) is 12.1. The number of halogens is 2. The van der Waals surface area contributed by atoms with E-state index in [-0.39, 0.29) is 29.6 Å². The highest BCUT2D eigenvalue weighted by Crippen LogP contribution is 2.32. The minimum absolute atomic E-state index is 0.0217. The zero-order chi connectivity index (χ0) is 13.1. The summed E-state index contributed by atoms with van der Waals surface area (Å²) in [5, 5.41) is 0. The van der Waals surface area contributed by atoms with Crippen LogP contribution in [0.1, 0.15) is 24.8 Å². The fraction of sp³-hybridized carbons (Fsp3) is 0.500. The fourth-order valence-corrected chi connectivity index (χ4v) is 2.73. The van der Waals surface area contributed by atoms with Crippen molar-refractivity contribution < 1.29 is 13.6 Å². The average Bonchev–Trinajstić information content (AvgIpc) is 2.81. The highest BCUT2D eigenvalue weighted by Gasteiger charge is 2.31. The van der Waals surface area contributed by atoms with E-state index in [2.05, 4.69) is 0 Å². The first-order valence-corrected chi connectivity index (χ1v) is 6.28. The molecular formula is C14H17F2NO. The molecule has 0 amide bonds. The van der Waals surface area contributed by atoms with Gasteiger partial charge in [-0.2, -0.15) is 0 Å². The Balaban J connectivity index is 2.07. The van der Waals surface area contributed by atoms with Crippen LogP contribution in [-0.2, 0) is 11.2 Å². The van der Waals surface area contributed by atoms with Crippen molar-refractivity contribution in [2.75, 3.05) is 6.54 Å². The lowest BCUT2D eigenvalue weighted by atomic mass is 9.89. The molecule has 0 aliphatic heterocycles. The molecule has 1 fully saturated rings. The molecule has 18 heavy (non-hydrogen) atoms. The van der Waals surface area contributed by atoms with E-state index in [1.807, 2.05) is 0 Å². The van der Waals surface area contributed by atoms with E-state index in [0.29, 0.717) is 6.54 Å². The zero-order valence-corrected chi connectivity index (χ0v) is 10.2. The second-order valence-electron chi connectivity index (χ2n) is 4.91. The van der Waals surface area contributed by atoms with Crippen LogP contribution in [0, 0.1) is 23.5 Å². The molecule has 2 rings (SSSR count). The van der Waals surface area contributed by atoms with Gasteiger partial charge in [-0.05, 0) is 36.9 Å². The van der Waals surface area contributed by atoms with Crippen LogP contribution >= 0.6 is 0 Å². The summed E-state index contributed by atoms with van der Waals surface area (Å²) in [7, 11) is 0. The molecule has 1 aromatic carbocycles. The van der Waals surface area contributed by atoms with Crippen LogP contribution in [-0.4, -0.2) is 12.3 Å². The minimum Gasteiger partial charge on any atom is -0.330 e. The summed E-state index contributed by atoms with van der Waals surface area (Å²) in [6, 6.07) is 3.34. The predicted molar refractivity (Wildman–Crippen MR) is 65.0 cm³/mol. The van der Waals surface area contributed by atoms with Gasteiger partial charge in [0, 0.05) is 18.4 Å². The molecule has 0 radical (unpaired) electrons. The van der Waals surface area contributed by atoms with Gasteiger partial charge >= 0.3 is 0 Å². The Morgan fingerprint density at radius 2 is 2.11 bits per heavy atom. The number of hydrogen-bond acceptors (Lipinski definition) is 2. The SMILES string of the molecule is NCC1CCCC1C(=O)Cc1ccc(F)cc1F. The second-order valence-corrected chi connectivity index (χ2v) is 4.91. The summed E-state index contributed by atoms with van der Waals surface area (Å²) in [5.74, 6) is -1.08. The van der Waals surface area contributed by atoms with Crippen molar-refractivity contribution in [1.82, 2.24) is 0 Å². The van der Waals surface area contributed by atoms with Gasteiger partial charge in [0.05, 0.1) is 0 Å². The molecule has 98 valence electrons. The van der Waals surface area contributed by atoms with Crippen LogP contribution in [0.3, 0.4) is 0 Å². The number of carbonyl (C=O) groups excluding carboxylic acids is 1. The Hall–Kier alpha value is -1.29. The van der Waals surface area contributed by atoms with Crippen molar-refractivity contribution in [3.05, 3.63) is 35.4 Å². The van der Waals surface area contributed by atoms with Crippen LogP contribution in [0.4, 0.5) is 8.78 Å². The molecule has 0 heterocycles. The van der Waals surface area contributed by atoms with Crippen LogP contribution in [0.25, 0.3) is 0 Å². The molecule has 2 N–H and O–H groups in total. The number of hydrogen-bond donors (Lipinski definition) is 1. The molecule has 2 nitrogen and oxygen atoms in total. The Bertz CT molecular complexity index is 447. The number of benzene rings is 1. The maximum absolute atomic E-state index is 13.5. The monoisotopic (exact) mass is 253 g/mol. The number of rotatable bonds is 4. The summed E-state index contributed by atoms with van der Waals surface area (Å²) in [6.07, 6.45) is 2.85. The smallest absolute Gasteiger partial charge is 0.140 e. The molecule has 4 heteroatoms. The Morgan fingerprint density at radius 1 is 1.33 bits per heavy atom. The molecule has 1 aliphatic rings. The molecule has 0 saturated heterocycles. The summed E-state index contributed by atoms with van der Waals surface area (Å²) >= 11 is 0. The first kappa shape index (κ1) is 13.1. The lowest BCUT2D eigenvalue weighted by Crippen LogP contribution is -2.26. The van der Waals surface area contributed by atoms with E-state index in [1.54, 1.807) is 0 Å². The molecule has 0 bridgehead atoms. The number of nitrogens with two attached hydrogens (primary N) is 1. The van der Waals surface area contributed by atoms with Crippen molar-refractivity contribution in [3.63, 3.8) is 0 Å². The third kappa shape index (κ3) is 2.75. The fourth-order valence-electron chi connectivity index (χ4n) is 2.73. The van der Waals surface area contributed by atoms with Gasteiger partial charge in [0.1, 0.15) is 17.4 Å². The van der Waals surface area contributed by atoms with Gasteiger partial charge in [-0.1, -0.05) is 12.5 Å². The highest BCUT2D eigenvalue weighted by molar-refractivity contribution is 5.83. The standard InChI is InChI=1S/C14H17F2NO/c15-11-5-4-9(13(16)7-11)6-14(18)12-3-1-2-10(12)8-17/h4-5,7,10,12H,1-3,6,8,17H2. The van der Waals surface area contributed by atoms with Crippen molar-refractivity contribution in [3.8, 4) is 0 Å². The van der Waals surface area contributed by atoms with E-state index >= 15 is 0 Å². The molecule has 1 saturated carbocycles. The van der Waals surface area contributed by atoms with Crippen molar-refractivity contribution in [2.24, 2.45) is 17.6 Å². The Labute approximate surface area is 105 Å². The third-order valence-electron chi connectivity index (χ3n) is 3.76. The minimum atomic E-state index is -0.648. The predicted octanol–water partition coefficient (Wildman–Crippen LogP) is 2.45. The summed E-state index contributed by atoms with van der Waals surface area (Å²) in [5.41, 5.74) is 5.90. The largest absolute Gasteiger partial charge is 0.330 e. The molecule has 2 unspecified atom stereocenters. The first-order valence-electron chi connectivity index (χ1n) is 6.28. The Kier molecular flexibility index (Phi) is 4.07. The number of Topliss-reactive ketones (excluding diaryl/α,β-unsaturated/α-hetero) is 1. The van der Waals surface area contributed by atoms with Gasteiger partial charge in [0.25, 0.3) is 0 Å². The molecule has 1 aliphatic carbocycles. The Morgan fingerprint density at radius 3 is 2.78 bits per heavy atom. The third-order valence-corrected chi connectivity index (χ3v) is 3.76. The topological polar surface area (TPSA) is 43.1 Å². The van der Waals surface area contributed by atoms with Crippen molar-refractivity contribution in [2.45, 2.75) is 25.7 Å². The zero-order valence-electron chi connectivity index (χ0n) is 10.2. The molecule has 0 spiro atoms. The van der Waals surface area contributed by atoms with Crippen LogP contribution in [0.2, 0.25) is 0 Å². The molecular weight excluding hydrogens is 236 g/mol. The summed E-state index contributed by atoms with van der Waals surface area (Å²) < 4.78 is 26.2. The lowest BCUT2D eigenvalue weighted by Gasteiger charge is -2.16. The maximum Gasteiger partial charge on any atom is 0.140 e. The van der Waals surface area contributed by atoms with Gasteiger partial charge in [0.15, 0.2) is 0 Å². The van der Waals surface area contributed by atoms with Gasteiger partial charge in [-0.25, -0.2) is 8.78 Å². The lowest BCUT2D eigenvalue weighted by molar-refractivity contribution is -0.123. The molecule has 0 aromatic heterocycles. The normalized spacial score (nSPS) is 23.3.